The predicted molar refractivity (Wildman–Crippen MR) is 114 cm³/mol. The highest BCUT2D eigenvalue weighted by Crippen LogP contribution is 2.44. The van der Waals surface area contributed by atoms with E-state index in [1.807, 2.05) is 0 Å². The quantitative estimate of drug-likeness (QED) is 0.320. The topological polar surface area (TPSA) is 102 Å². The Kier molecular flexibility index (Phi) is 7.50. The van der Waals surface area contributed by atoms with Crippen LogP contribution in [-0.2, 0) is 34.1 Å². The van der Waals surface area contributed by atoms with Gasteiger partial charge in [-0.1, -0.05) is 18.2 Å². The van der Waals surface area contributed by atoms with Gasteiger partial charge in [0.05, 0.1) is 19.6 Å². The van der Waals surface area contributed by atoms with Gasteiger partial charge in [0.2, 0.25) is 17.7 Å². The number of esters is 1. The van der Waals surface area contributed by atoms with Gasteiger partial charge in [-0.15, -0.1) is 0 Å². The molecule has 174 valence electrons. The average molecular weight is 447 g/mol. The van der Waals surface area contributed by atoms with Crippen molar-refractivity contribution in [3.8, 4) is 5.75 Å². The van der Waals surface area contributed by atoms with Gasteiger partial charge in [-0.2, -0.15) is 0 Å². The van der Waals surface area contributed by atoms with Crippen LogP contribution in [0.25, 0.3) is 0 Å². The van der Waals surface area contributed by atoms with Gasteiger partial charge in [0.15, 0.2) is 0 Å². The van der Waals surface area contributed by atoms with E-state index in [0.717, 1.165) is 0 Å². The fourth-order valence-electron chi connectivity index (χ4n) is 4.68. The molecule has 2 saturated heterocycles. The number of hydrogen-bond donors (Lipinski definition) is 0. The lowest BCUT2D eigenvalue weighted by atomic mass is 9.75. The smallest absolute Gasteiger partial charge is 0.328 e. The molecule has 0 saturated carbocycles. The third-order valence-corrected chi connectivity index (χ3v) is 6.26. The number of para-hydroxylation sites is 1. The zero-order chi connectivity index (χ0) is 23.3. The number of nitrogens with zero attached hydrogens (tertiary/aromatic N) is 2. The molecule has 9 heteroatoms. The number of likely N-dealkylation sites (tertiary alicyclic amines) is 2. The summed E-state index contributed by atoms with van der Waals surface area (Å²) >= 11 is 0. The van der Waals surface area contributed by atoms with Gasteiger partial charge in [-0.05, 0) is 25.3 Å². The summed E-state index contributed by atoms with van der Waals surface area (Å²) in [5, 5.41) is 0. The third kappa shape index (κ3) is 4.34. The van der Waals surface area contributed by atoms with E-state index in [4.69, 9.17) is 14.2 Å². The SMILES string of the molecule is COCCCN1C(=O)CC(CC(=O)N2CCC[C@H]2C(=O)OC)(c2ccccc2OC)C1=O. The molecule has 0 radical (unpaired) electrons. The lowest BCUT2D eigenvalue weighted by Crippen LogP contribution is -2.47. The second-order valence-corrected chi connectivity index (χ2v) is 8.10. The molecule has 0 aromatic heterocycles. The Morgan fingerprint density at radius 3 is 2.59 bits per heavy atom. The second kappa shape index (κ2) is 10.1. The molecule has 2 aliphatic heterocycles. The number of hydrogen-bond acceptors (Lipinski definition) is 7. The minimum atomic E-state index is -1.39. The number of ether oxygens (including phenoxy) is 3. The summed E-state index contributed by atoms with van der Waals surface area (Å²) in [6.45, 7) is 1.03. The Morgan fingerprint density at radius 2 is 1.91 bits per heavy atom. The van der Waals surface area contributed by atoms with Crippen LogP contribution >= 0.6 is 0 Å². The van der Waals surface area contributed by atoms with Crippen molar-refractivity contribution in [2.45, 2.75) is 43.6 Å². The summed E-state index contributed by atoms with van der Waals surface area (Å²) in [5.74, 6) is -1.16. The van der Waals surface area contributed by atoms with Gasteiger partial charge in [0.25, 0.3) is 0 Å². The maximum Gasteiger partial charge on any atom is 0.328 e. The molecule has 9 nitrogen and oxygen atoms in total. The number of amides is 3. The second-order valence-electron chi connectivity index (χ2n) is 8.10. The normalized spacial score (nSPS) is 23.0. The van der Waals surface area contributed by atoms with Crippen molar-refractivity contribution in [2.75, 3.05) is 41.0 Å². The maximum absolute atomic E-state index is 13.7. The first-order valence-corrected chi connectivity index (χ1v) is 10.7. The average Bonchev–Trinajstić information content (AvgIpc) is 3.38. The van der Waals surface area contributed by atoms with Gasteiger partial charge >= 0.3 is 5.97 Å². The molecular weight excluding hydrogens is 416 g/mol. The van der Waals surface area contributed by atoms with Crippen molar-refractivity contribution in [1.29, 1.82) is 0 Å². The zero-order valence-corrected chi connectivity index (χ0v) is 18.8. The van der Waals surface area contributed by atoms with Crippen LogP contribution < -0.4 is 4.74 Å². The van der Waals surface area contributed by atoms with Crippen LogP contribution in [0.2, 0.25) is 0 Å². The maximum atomic E-state index is 13.7. The first-order valence-electron chi connectivity index (χ1n) is 10.7. The monoisotopic (exact) mass is 446 g/mol. The molecule has 2 aliphatic rings. The fraction of sp³-hybridized carbons (Fsp3) is 0.565. The molecule has 2 heterocycles. The van der Waals surface area contributed by atoms with Crippen molar-refractivity contribution < 1.29 is 33.4 Å². The third-order valence-electron chi connectivity index (χ3n) is 6.26. The minimum Gasteiger partial charge on any atom is -0.496 e. The molecule has 2 atom stereocenters. The Labute approximate surface area is 187 Å². The fourth-order valence-corrected chi connectivity index (χ4v) is 4.68. The number of methoxy groups -OCH3 is 3. The summed E-state index contributed by atoms with van der Waals surface area (Å²) < 4.78 is 15.4. The molecule has 0 aliphatic carbocycles. The number of carbonyl (C=O) groups excluding carboxylic acids is 4. The molecule has 1 aromatic carbocycles. The van der Waals surface area contributed by atoms with Gasteiger partial charge in [-0.25, -0.2) is 4.79 Å². The van der Waals surface area contributed by atoms with Crippen molar-refractivity contribution >= 4 is 23.7 Å². The Bertz CT molecular complexity index is 887. The number of benzene rings is 1. The summed E-state index contributed by atoms with van der Waals surface area (Å²) in [6.07, 6.45) is 1.31. The summed E-state index contributed by atoms with van der Waals surface area (Å²) in [6, 6.07) is 6.27. The van der Waals surface area contributed by atoms with Gasteiger partial charge in [0.1, 0.15) is 11.8 Å². The molecule has 3 amide bonds. The van der Waals surface area contributed by atoms with Crippen LogP contribution in [0.15, 0.2) is 24.3 Å². The van der Waals surface area contributed by atoms with Gasteiger partial charge < -0.3 is 19.1 Å². The molecule has 3 rings (SSSR count). The van der Waals surface area contributed by atoms with Crippen molar-refractivity contribution in [1.82, 2.24) is 9.80 Å². The molecule has 2 fully saturated rings. The van der Waals surface area contributed by atoms with E-state index in [1.54, 1.807) is 31.4 Å². The van der Waals surface area contributed by atoms with Crippen LogP contribution in [0.1, 0.15) is 37.7 Å². The van der Waals surface area contributed by atoms with E-state index in [-0.39, 0.29) is 31.2 Å². The molecular formula is C23H30N2O7. The lowest BCUT2D eigenvalue weighted by Gasteiger charge is -2.31. The minimum absolute atomic E-state index is 0.137. The predicted octanol–water partition coefficient (Wildman–Crippen LogP) is 1.28. The zero-order valence-electron chi connectivity index (χ0n) is 18.8. The highest BCUT2D eigenvalue weighted by Gasteiger charge is 2.55. The van der Waals surface area contributed by atoms with Crippen LogP contribution in [0.3, 0.4) is 0 Å². The van der Waals surface area contributed by atoms with Crippen molar-refractivity contribution in [2.24, 2.45) is 0 Å². The van der Waals surface area contributed by atoms with E-state index in [1.165, 1.54) is 24.0 Å². The van der Waals surface area contributed by atoms with Crippen molar-refractivity contribution in [3.05, 3.63) is 29.8 Å². The van der Waals surface area contributed by atoms with Gasteiger partial charge in [-0.3, -0.25) is 19.3 Å². The van der Waals surface area contributed by atoms with Crippen molar-refractivity contribution in [3.63, 3.8) is 0 Å². The molecule has 0 spiro atoms. The highest BCUT2D eigenvalue weighted by molar-refractivity contribution is 6.11. The summed E-state index contributed by atoms with van der Waals surface area (Å²) in [5.41, 5.74) is -0.894. The van der Waals surface area contributed by atoms with E-state index in [0.29, 0.717) is 43.7 Å². The van der Waals surface area contributed by atoms with E-state index in [9.17, 15) is 19.2 Å². The number of carbonyl (C=O) groups is 4. The molecule has 32 heavy (non-hydrogen) atoms. The lowest BCUT2D eigenvalue weighted by molar-refractivity contribution is -0.151. The standard InChI is InChI=1S/C23H30N2O7/c1-30-13-7-12-25-20(27)15-23(22(25)29,16-8-4-5-10-18(16)31-2)14-19(26)24-11-6-9-17(24)21(28)32-3/h4-5,8,10,17H,6-7,9,11-15H2,1-3H3/t17-,23?/m0/s1. The number of imide groups is 1. The Balaban J connectivity index is 1.97. The van der Waals surface area contributed by atoms with Gasteiger partial charge in [0, 0.05) is 45.2 Å². The van der Waals surface area contributed by atoms with E-state index in [2.05, 4.69) is 0 Å². The first kappa shape index (κ1) is 23.7. The summed E-state index contributed by atoms with van der Waals surface area (Å²) in [4.78, 5) is 54.8. The number of rotatable bonds is 9. The molecule has 0 N–H and O–H groups in total. The van der Waals surface area contributed by atoms with Crippen LogP contribution in [0, 0.1) is 0 Å². The van der Waals surface area contributed by atoms with Crippen LogP contribution in [0.5, 0.6) is 5.75 Å². The Morgan fingerprint density at radius 1 is 1.16 bits per heavy atom. The van der Waals surface area contributed by atoms with Crippen LogP contribution in [-0.4, -0.2) is 80.6 Å². The molecule has 0 bridgehead atoms. The van der Waals surface area contributed by atoms with E-state index >= 15 is 0 Å². The van der Waals surface area contributed by atoms with Crippen LogP contribution in [0.4, 0.5) is 0 Å². The first-order chi connectivity index (χ1) is 15.4. The summed E-state index contributed by atoms with van der Waals surface area (Å²) in [7, 11) is 4.33. The highest BCUT2D eigenvalue weighted by atomic mass is 16.5. The molecule has 1 aromatic rings. The molecule has 1 unspecified atom stereocenters. The van der Waals surface area contributed by atoms with E-state index < -0.39 is 23.3 Å². The Hall–Kier alpha value is -2.94. The largest absolute Gasteiger partial charge is 0.496 e.